The molecule has 1 aliphatic carbocycles. The van der Waals surface area contributed by atoms with E-state index in [1.807, 2.05) is 13.8 Å². The minimum Gasteiger partial charge on any atom is -0.326 e. The van der Waals surface area contributed by atoms with Crippen LogP contribution < -0.4 is 10.5 Å². The van der Waals surface area contributed by atoms with Gasteiger partial charge in [-0.2, -0.15) is 0 Å². The van der Waals surface area contributed by atoms with E-state index in [0.29, 0.717) is 5.69 Å². The molecule has 0 saturated heterocycles. The Morgan fingerprint density at radius 2 is 1.83 bits per heavy atom. The third-order valence-corrected chi connectivity index (χ3v) is 4.21. The Morgan fingerprint density at radius 1 is 1.33 bits per heavy atom. The molecule has 1 atom stereocenters. The van der Waals surface area contributed by atoms with Gasteiger partial charge >= 0.3 is 0 Å². The number of sulfonamides is 1. The Bertz CT molecular complexity index is 576. The van der Waals surface area contributed by atoms with Crippen molar-refractivity contribution in [2.75, 3.05) is 5.32 Å². The lowest BCUT2D eigenvalue weighted by atomic mass is 10.1. The number of amides is 1. The van der Waals surface area contributed by atoms with Gasteiger partial charge in [0, 0.05) is 11.6 Å². The molecule has 0 bridgehead atoms. The quantitative estimate of drug-likeness (QED) is 0.866. The molecule has 0 radical (unpaired) electrons. The molecule has 0 spiro atoms. The van der Waals surface area contributed by atoms with E-state index in [9.17, 15) is 13.2 Å². The van der Waals surface area contributed by atoms with Gasteiger partial charge in [0.15, 0.2) is 0 Å². The van der Waals surface area contributed by atoms with Crippen molar-refractivity contribution in [3.05, 3.63) is 24.3 Å². The predicted octanol–water partition coefficient (Wildman–Crippen LogP) is 1.32. The number of nitrogens with one attached hydrogen (secondary N) is 1. The maximum atomic E-state index is 11.8. The number of anilines is 1. The van der Waals surface area contributed by atoms with E-state index in [0.717, 1.165) is 6.42 Å². The predicted molar refractivity (Wildman–Crippen MR) is 68.3 cm³/mol. The van der Waals surface area contributed by atoms with Gasteiger partial charge in [-0.15, -0.1) is 0 Å². The Hall–Kier alpha value is -1.40. The van der Waals surface area contributed by atoms with Crippen LogP contribution in [0.4, 0.5) is 5.69 Å². The second kappa shape index (κ2) is 4.07. The van der Waals surface area contributed by atoms with Gasteiger partial charge in [-0.1, -0.05) is 13.8 Å². The van der Waals surface area contributed by atoms with Crippen molar-refractivity contribution >= 4 is 21.6 Å². The molecule has 3 N–H and O–H groups in total. The summed E-state index contributed by atoms with van der Waals surface area (Å²) in [5.74, 6) is 0.0128. The molecule has 1 aromatic rings. The number of primary sulfonamides is 1. The summed E-state index contributed by atoms with van der Waals surface area (Å²) in [5, 5.41) is 7.75. The summed E-state index contributed by atoms with van der Waals surface area (Å²) in [6, 6.07) is 5.83. The van der Waals surface area contributed by atoms with Crippen molar-refractivity contribution in [3.63, 3.8) is 0 Å². The average Bonchev–Trinajstić information content (AvgIpc) is 2.87. The normalized spacial score (nSPS) is 21.4. The van der Waals surface area contributed by atoms with Crippen LogP contribution in [0.5, 0.6) is 0 Å². The molecule has 5 nitrogen and oxygen atoms in total. The van der Waals surface area contributed by atoms with Gasteiger partial charge in [-0.3, -0.25) is 4.79 Å². The standard InChI is InChI=1S/C12H16N2O3S/c1-12(2)7-10(12)11(15)14-8-3-5-9(6-4-8)18(13,16)17/h3-6,10H,7H2,1-2H3,(H,14,15)(H2,13,16,17). The molecule has 0 heterocycles. The number of carbonyl (C=O) groups excluding carboxylic acids is 1. The summed E-state index contributed by atoms with van der Waals surface area (Å²) in [4.78, 5) is 11.9. The van der Waals surface area contributed by atoms with Crippen molar-refractivity contribution in [1.82, 2.24) is 0 Å². The topological polar surface area (TPSA) is 89.3 Å². The van der Waals surface area contributed by atoms with Crippen LogP contribution in [-0.2, 0) is 14.8 Å². The van der Waals surface area contributed by atoms with Gasteiger partial charge < -0.3 is 5.32 Å². The van der Waals surface area contributed by atoms with Crippen molar-refractivity contribution in [1.29, 1.82) is 0 Å². The number of hydrogen-bond donors (Lipinski definition) is 2. The monoisotopic (exact) mass is 268 g/mol. The second-order valence-electron chi connectivity index (χ2n) is 5.30. The summed E-state index contributed by atoms with van der Waals surface area (Å²) >= 11 is 0. The highest BCUT2D eigenvalue weighted by molar-refractivity contribution is 7.89. The first-order valence-corrected chi connectivity index (χ1v) is 7.18. The molecule has 2 rings (SSSR count). The molecule has 1 amide bonds. The lowest BCUT2D eigenvalue weighted by Gasteiger charge is -2.07. The minimum absolute atomic E-state index is 0.0247. The molecular weight excluding hydrogens is 252 g/mol. The molecular formula is C12H16N2O3S. The van der Waals surface area contributed by atoms with Crippen LogP contribution in [0, 0.1) is 11.3 Å². The maximum Gasteiger partial charge on any atom is 0.238 e. The molecule has 1 fully saturated rings. The molecule has 1 aliphatic rings. The number of nitrogens with two attached hydrogens (primary N) is 1. The minimum atomic E-state index is -3.68. The summed E-state index contributed by atoms with van der Waals surface area (Å²) in [6.45, 7) is 4.09. The average molecular weight is 268 g/mol. The van der Waals surface area contributed by atoms with Crippen LogP contribution in [-0.4, -0.2) is 14.3 Å². The molecule has 1 saturated carbocycles. The van der Waals surface area contributed by atoms with Crippen LogP contribution in [0.25, 0.3) is 0 Å². The Morgan fingerprint density at radius 3 is 2.22 bits per heavy atom. The van der Waals surface area contributed by atoms with E-state index < -0.39 is 10.0 Å². The molecule has 0 aromatic heterocycles. The first kappa shape index (κ1) is 13.0. The smallest absolute Gasteiger partial charge is 0.238 e. The van der Waals surface area contributed by atoms with Crippen LogP contribution in [0.2, 0.25) is 0 Å². The maximum absolute atomic E-state index is 11.8. The van der Waals surface area contributed by atoms with Gasteiger partial charge in [-0.25, -0.2) is 13.6 Å². The fraction of sp³-hybridized carbons (Fsp3) is 0.417. The first-order chi connectivity index (χ1) is 8.20. The zero-order valence-corrected chi connectivity index (χ0v) is 11.1. The number of benzene rings is 1. The molecule has 98 valence electrons. The largest absolute Gasteiger partial charge is 0.326 e. The van der Waals surface area contributed by atoms with Gasteiger partial charge in [0.05, 0.1) is 4.90 Å². The van der Waals surface area contributed by atoms with Crippen molar-refractivity contribution in [2.45, 2.75) is 25.2 Å². The van der Waals surface area contributed by atoms with Crippen LogP contribution in [0.15, 0.2) is 29.2 Å². The zero-order valence-electron chi connectivity index (χ0n) is 10.3. The highest BCUT2D eigenvalue weighted by Crippen LogP contribution is 2.51. The Labute approximate surface area is 106 Å². The van der Waals surface area contributed by atoms with Crippen LogP contribution in [0.1, 0.15) is 20.3 Å². The van der Waals surface area contributed by atoms with Crippen molar-refractivity contribution in [3.8, 4) is 0 Å². The van der Waals surface area contributed by atoms with Crippen molar-refractivity contribution < 1.29 is 13.2 Å². The molecule has 1 aromatic carbocycles. The lowest BCUT2D eigenvalue weighted by Crippen LogP contribution is -2.17. The third kappa shape index (κ3) is 2.70. The van der Waals surface area contributed by atoms with Gasteiger partial charge in [0.25, 0.3) is 0 Å². The fourth-order valence-corrected chi connectivity index (χ4v) is 2.39. The third-order valence-electron chi connectivity index (χ3n) is 3.28. The van der Waals surface area contributed by atoms with E-state index in [1.54, 1.807) is 0 Å². The second-order valence-corrected chi connectivity index (χ2v) is 6.87. The summed E-state index contributed by atoms with van der Waals surface area (Å²) < 4.78 is 22.1. The lowest BCUT2D eigenvalue weighted by molar-refractivity contribution is -0.118. The first-order valence-electron chi connectivity index (χ1n) is 5.64. The zero-order chi connectivity index (χ0) is 13.6. The van der Waals surface area contributed by atoms with Gasteiger partial charge in [-0.05, 0) is 36.1 Å². The molecule has 6 heteroatoms. The Balaban J connectivity index is 2.06. The molecule has 0 aliphatic heterocycles. The SMILES string of the molecule is CC1(C)CC1C(=O)Nc1ccc(S(N)(=O)=O)cc1. The van der Waals surface area contributed by atoms with Gasteiger partial charge in [0.2, 0.25) is 15.9 Å². The summed E-state index contributed by atoms with van der Waals surface area (Å²) in [6.07, 6.45) is 0.883. The fourth-order valence-electron chi connectivity index (χ4n) is 1.87. The molecule has 18 heavy (non-hydrogen) atoms. The van der Waals surface area contributed by atoms with Crippen LogP contribution in [0.3, 0.4) is 0 Å². The van der Waals surface area contributed by atoms with E-state index in [1.165, 1.54) is 24.3 Å². The summed E-state index contributed by atoms with van der Waals surface area (Å²) in [7, 11) is -3.68. The van der Waals surface area contributed by atoms with E-state index >= 15 is 0 Å². The van der Waals surface area contributed by atoms with Gasteiger partial charge in [0.1, 0.15) is 0 Å². The number of rotatable bonds is 3. The number of hydrogen-bond acceptors (Lipinski definition) is 3. The van der Waals surface area contributed by atoms with Crippen molar-refractivity contribution in [2.24, 2.45) is 16.5 Å². The summed E-state index contributed by atoms with van der Waals surface area (Å²) in [5.41, 5.74) is 0.653. The molecule has 1 unspecified atom stereocenters. The van der Waals surface area contributed by atoms with E-state index in [4.69, 9.17) is 5.14 Å². The van der Waals surface area contributed by atoms with E-state index in [-0.39, 0.29) is 22.1 Å². The van der Waals surface area contributed by atoms with Crippen LogP contribution >= 0.6 is 0 Å². The van der Waals surface area contributed by atoms with E-state index in [2.05, 4.69) is 5.32 Å². The Kier molecular flexibility index (Phi) is 2.95. The number of carbonyl (C=O) groups is 1. The highest BCUT2D eigenvalue weighted by Gasteiger charge is 2.50. The highest BCUT2D eigenvalue weighted by atomic mass is 32.2.